The molecule has 0 aliphatic carbocycles. The van der Waals surface area contributed by atoms with E-state index in [-0.39, 0.29) is 22.9 Å². The molecule has 0 atom stereocenters. The van der Waals surface area contributed by atoms with Crippen molar-refractivity contribution in [3.63, 3.8) is 0 Å². The monoisotopic (exact) mass is 417 g/mol. The van der Waals surface area contributed by atoms with Gasteiger partial charge in [0.25, 0.3) is 11.5 Å². The third-order valence-corrected chi connectivity index (χ3v) is 6.60. The summed E-state index contributed by atoms with van der Waals surface area (Å²) < 4.78 is 26.2. The molecule has 8 heteroatoms. The van der Waals surface area contributed by atoms with Gasteiger partial charge in [-0.1, -0.05) is 29.8 Å². The van der Waals surface area contributed by atoms with Crippen LogP contribution in [0.3, 0.4) is 0 Å². The SMILES string of the molecule is Cc1cccc(Cn2cccc(C(=O)NCC3CCN(S(C)(=O)=O)CC3)c2=O)c1. The first kappa shape index (κ1) is 21.3. The minimum Gasteiger partial charge on any atom is -0.352 e. The minimum atomic E-state index is -3.16. The van der Waals surface area contributed by atoms with Crippen LogP contribution in [0.2, 0.25) is 0 Å². The lowest BCUT2D eigenvalue weighted by molar-refractivity contribution is 0.0939. The number of piperidine rings is 1. The quantitative estimate of drug-likeness (QED) is 0.773. The van der Waals surface area contributed by atoms with E-state index >= 15 is 0 Å². The molecule has 1 fully saturated rings. The molecule has 3 rings (SSSR count). The molecule has 1 saturated heterocycles. The van der Waals surface area contributed by atoms with Crippen LogP contribution in [0.1, 0.15) is 34.3 Å². The molecule has 0 bridgehead atoms. The maximum absolute atomic E-state index is 12.7. The lowest BCUT2D eigenvalue weighted by Gasteiger charge is -2.30. The number of carbonyl (C=O) groups excluding carboxylic acids is 1. The first-order valence-corrected chi connectivity index (χ1v) is 11.6. The Kier molecular flexibility index (Phi) is 6.54. The van der Waals surface area contributed by atoms with Gasteiger partial charge in [-0.15, -0.1) is 0 Å². The molecule has 0 unspecified atom stereocenters. The average molecular weight is 418 g/mol. The van der Waals surface area contributed by atoms with E-state index in [0.717, 1.165) is 11.1 Å². The predicted octanol–water partition coefficient (Wildman–Crippen LogP) is 1.61. The number of hydrogen-bond acceptors (Lipinski definition) is 4. The lowest BCUT2D eigenvalue weighted by Crippen LogP contribution is -2.41. The Morgan fingerprint density at radius 1 is 1.17 bits per heavy atom. The van der Waals surface area contributed by atoms with E-state index in [4.69, 9.17) is 0 Å². The van der Waals surface area contributed by atoms with Crippen molar-refractivity contribution < 1.29 is 13.2 Å². The Morgan fingerprint density at radius 2 is 1.90 bits per heavy atom. The van der Waals surface area contributed by atoms with Gasteiger partial charge in [0, 0.05) is 25.8 Å². The molecule has 0 saturated carbocycles. The highest BCUT2D eigenvalue weighted by Crippen LogP contribution is 2.18. The molecule has 1 aromatic carbocycles. The van der Waals surface area contributed by atoms with Crippen LogP contribution in [0.5, 0.6) is 0 Å². The van der Waals surface area contributed by atoms with Gasteiger partial charge in [-0.05, 0) is 43.4 Å². The molecular weight excluding hydrogens is 390 g/mol. The van der Waals surface area contributed by atoms with Crippen molar-refractivity contribution in [2.75, 3.05) is 25.9 Å². The highest BCUT2D eigenvalue weighted by Gasteiger charge is 2.25. The molecule has 2 heterocycles. The summed E-state index contributed by atoms with van der Waals surface area (Å²) in [6, 6.07) is 11.2. The second kappa shape index (κ2) is 8.92. The van der Waals surface area contributed by atoms with Crippen LogP contribution < -0.4 is 10.9 Å². The Morgan fingerprint density at radius 3 is 2.55 bits per heavy atom. The maximum Gasteiger partial charge on any atom is 0.263 e. The second-order valence-corrected chi connectivity index (χ2v) is 9.64. The van der Waals surface area contributed by atoms with Crippen LogP contribution in [-0.2, 0) is 16.6 Å². The lowest BCUT2D eigenvalue weighted by atomic mass is 9.98. The van der Waals surface area contributed by atoms with Crippen molar-refractivity contribution in [3.05, 3.63) is 69.6 Å². The summed E-state index contributed by atoms with van der Waals surface area (Å²) in [6.07, 6.45) is 4.29. The standard InChI is InChI=1S/C21H27N3O4S/c1-16-5-3-6-18(13-16)15-23-10-4-7-19(21(23)26)20(25)22-14-17-8-11-24(12-9-17)29(2,27)28/h3-7,10,13,17H,8-9,11-12,14-15H2,1-2H3,(H,22,25). The van der Waals surface area contributed by atoms with E-state index < -0.39 is 10.0 Å². The molecule has 1 N–H and O–H groups in total. The zero-order chi connectivity index (χ0) is 21.0. The normalized spacial score (nSPS) is 15.9. The van der Waals surface area contributed by atoms with Crippen molar-refractivity contribution >= 4 is 15.9 Å². The number of carbonyl (C=O) groups is 1. The zero-order valence-electron chi connectivity index (χ0n) is 16.8. The second-order valence-electron chi connectivity index (χ2n) is 7.66. The maximum atomic E-state index is 12.7. The highest BCUT2D eigenvalue weighted by molar-refractivity contribution is 7.88. The Bertz CT molecular complexity index is 1040. The van der Waals surface area contributed by atoms with Crippen LogP contribution in [0.15, 0.2) is 47.4 Å². The Balaban J connectivity index is 1.61. The third kappa shape index (κ3) is 5.55. The van der Waals surface area contributed by atoms with Gasteiger partial charge in [0.1, 0.15) is 5.56 Å². The third-order valence-electron chi connectivity index (χ3n) is 5.29. The van der Waals surface area contributed by atoms with Gasteiger partial charge in [0.2, 0.25) is 10.0 Å². The zero-order valence-corrected chi connectivity index (χ0v) is 17.6. The van der Waals surface area contributed by atoms with Gasteiger partial charge in [0.15, 0.2) is 0 Å². The number of pyridine rings is 1. The summed E-state index contributed by atoms with van der Waals surface area (Å²) in [4.78, 5) is 25.3. The van der Waals surface area contributed by atoms with Gasteiger partial charge >= 0.3 is 0 Å². The molecule has 156 valence electrons. The van der Waals surface area contributed by atoms with E-state index in [0.29, 0.717) is 39.0 Å². The smallest absolute Gasteiger partial charge is 0.263 e. The number of amides is 1. The summed E-state index contributed by atoms with van der Waals surface area (Å²) in [5, 5.41) is 2.84. The predicted molar refractivity (Wildman–Crippen MR) is 112 cm³/mol. The first-order valence-electron chi connectivity index (χ1n) is 9.72. The summed E-state index contributed by atoms with van der Waals surface area (Å²) in [5.74, 6) is -0.186. The van der Waals surface area contributed by atoms with E-state index in [1.807, 2.05) is 31.2 Å². The fourth-order valence-electron chi connectivity index (χ4n) is 3.62. The Hall–Kier alpha value is -2.45. The van der Waals surface area contributed by atoms with Gasteiger partial charge in [0.05, 0.1) is 12.8 Å². The van der Waals surface area contributed by atoms with E-state index in [2.05, 4.69) is 5.32 Å². The molecule has 0 radical (unpaired) electrons. The minimum absolute atomic E-state index is 0.119. The fourth-order valence-corrected chi connectivity index (χ4v) is 4.49. The van der Waals surface area contributed by atoms with Crippen LogP contribution in [0.25, 0.3) is 0 Å². The molecule has 7 nitrogen and oxygen atoms in total. The van der Waals surface area contributed by atoms with Crippen molar-refractivity contribution in [3.8, 4) is 0 Å². The molecule has 1 aliphatic rings. The van der Waals surface area contributed by atoms with Crippen LogP contribution >= 0.6 is 0 Å². The highest BCUT2D eigenvalue weighted by atomic mass is 32.2. The van der Waals surface area contributed by atoms with Gasteiger partial charge in [-0.3, -0.25) is 9.59 Å². The van der Waals surface area contributed by atoms with Gasteiger partial charge in [-0.25, -0.2) is 12.7 Å². The molecule has 2 aromatic rings. The van der Waals surface area contributed by atoms with E-state index in [1.165, 1.54) is 21.2 Å². The van der Waals surface area contributed by atoms with Crippen LogP contribution in [-0.4, -0.2) is 49.1 Å². The molecule has 1 aromatic heterocycles. The summed E-state index contributed by atoms with van der Waals surface area (Å²) >= 11 is 0. The number of benzene rings is 1. The van der Waals surface area contributed by atoms with Crippen molar-refractivity contribution in [1.29, 1.82) is 0 Å². The number of aromatic nitrogens is 1. The number of aryl methyl sites for hydroxylation is 1. The molecule has 29 heavy (non-hydrogen) atoms. The summed E-state index contributed by atoms with van der Waals surface area (Å²) in [5.41, 5.74) is 1.92. The summed E-state index contributed by atoms with van der Waals surface area (Å²) in [6.45, 7) is 3.77. The van der Waals surface area contributed by atoms with E-state index in [1.54, 1.807) is 12.3 Å². The van der Waals surface area contributed by atoms with Crippen LogP contribution in [0, 0.1) is 12.8 Å². The first-order chi connectivity index (χ1) is 13.7. The molecule has 1 aliphatic heterocycles. The molecular formula is C21H27N3O4S. The van der Waals surface area contributed by atoms with Crippen molar-refractivity contribution in [1.82, 2.24) is 14.2 Å². The average Bonchev–Trinajstić information content (AvgIpc) is 2.67. The number of rotatable bonds is 6. The number of sulfonamides is 1. The van der Waals surface area contributed by atoms with E-state index in [9.17, 15) is 18.0 Å². The van der Waals surface area contributed by atoms with Crippen molar-refractivity contribution in [2.24, 2.45) is 5.92 Å². The number of hydrogen-bond donors (Lipinski definition) is 1. The van der Waals surface area contributed by atoms with Gasteiger partial charge in [-0.2, -0.15) is 0 Å². The topological polar surface area (TPSA) is 88.5 Å². The Labute approximate surface area is 171 Å². The number of nitrogens with one attached hydrogen (secondary N) is 1. The molecule has 1 amide bonds. The van der Waals surface area contributed by atoms with Crippen LogP contribution in [0.4, 0.5) is 0 Å². The largest absolute Gasteiger partial charge is 0.352 e. The molecule has 0 spiro atoms. The van der Waals surface area contributed by atoms with Crippen molar-refractivity contribution in [2.45, 2.75) is 26.3 Å². The summed E-state index contributed by atoms with van der Waals surface area (Å²) in [7, 11) is -3.16. The number of nitrogens with zero attached hydrogens (tertiary/aromatic N) is 2. The fraction of sp³-hybridized carbons (Fsp3) is 0.429. The van der Waals surface area contributed by atoms with Gasteiger partial charge < -0.3 is 9.88 Å².